The maximum atomic E-state index is 14.4. The Morgan fingerprint density at radius 1 is 1.35 bits per heavy atom. The van der Waals surface area contributed by atoms with Crippen LogP contribution >= 0.6 is 39.0 Å². The topological polar surface area (TPSA) is 145 Å². The van der Waals surface area contributed by atoms with Crippen molar-refractivity contribution in [3.05, 3.63) is 79.6 Å². The molecule has 2 heterocycles. The molecule has 34 heavy (non-hydrogen) atoms. The van der Waals surface area contributed by atoms with Crippen molar-refractivity contribution in [3.63, 3.8) is 0 Å². The Bertz CT molecular complexity index is 1570. The lowest BCUT2D eigenvalue weighted by Gasteiger charge is -2.13. The molecule has 2 aromatic carbocycles. The van der Waals surface area contributed by atoms with Gasteiger partial charge in [-0.1, -0.05) is 12.1 Å². The van der Waals surface area contributed by atoms with Crippen molar-refractivity contribution in [2.45, 2.75) is 20.2 Å². The molecule has 9 nitrogen and oxygen atoms in total. The summed E-state index contributed by atoms with van der Waals surface area (Å²) >= 11 is 5.59. The van der Waals surface area contributed by atoms with Crippen molar-refractivity contribution < 1.29 is 17.7 Å². The number of benzene rings is 2. The predicted molar refractivity (Wildman–Crippen MR) is 132 cm³/mol. The molecule has 0 radical (unpaired) electrons. The van der Waals surface area contributed by atoms with E-state index in [0.29, 0.717) is 13.6 Å². The highest BCUT2D eigenvalue weighted by Gasteiger charge is 2.32. The highest BCUT2D eigenvalue weighted by molar-refractivity contribution is 9.10. The maximum Gasteiger partial charge on any atom is 0.320 e. The highest BCUT2D eigenvalue weighted by Crippen LogP contribution is 2.39. The number of imidazole rings is 1. The van der Waals surface area contributed by atoms with E-state index in [4.69, 9.17) is 11.1 Å². The summed E-state index contributed by atoms with van der Waals surface area (Å²) in [6, 6.07) is 9.27. The zero-order valence-electron chi connectivity index (χ0n) is 17.2. The van der Waals surface area contributed by atoms with Gasteiger partial charge in [-0.05, 0) is 52.5 Å². The van der Waals surface area contributed by atoms with E-state index in [9.17, 15) is 22.9 Å². The fourth-order valence-corrected chi connectivity index (χ4v) is 8.02. The van der Waals surface area contributed by atoms with E-state index < -0.39 is 26.7 Å². The fourth-order valence-electron chi connectivity index (χ4n) is 3.41. The normalized spacial score (nSPS) is 12.7. The van der Waals surface area contributed by atoms with Crippen molar-refractivity contribution in [2.75, 3.05) is 6.26 Å². The molecule has 0 spiro atoms. The Labute approximate surface area is 209 Å². The number of nitrogens with zero attached hydrogens (tertiary/aromatic N) is 3. The largest absolute Gasteiger partial charge is 0.383 e. The number of nitrogen functional groups attached to an aromatic ring is 1. The van der Waals surface area contributed by atoms with Crippen LogP contribution < -0.4 is 5.73 Å². The third-order valence-corrected chi connectivity index (χ3v) is 9.89. The Morgan fingerprint density at radius 3 is 2.68 bits per heavy atom. The van der Waals surface area contributed by atoms with Gasteiger partial charge in [0.25, 0.3) is 0 Å². The van der Waals surface area contributed by atoms with Gasteiger partial charge in [0.05, 0.1) is 34.9 Å². The predicted octanol–water partition coefficient (Wildman–Crippen LogP) is 4.66. The van der Waals surface area contributed by atoms with Crippen molar-refractivity contribution in [3.8, 4) is 0 Å². The van der Waals surface area contributed by atoms with E-state index in [-0.39, 0.29) is 32.2 Å². The molecule has 176 valence electrons. The van der Waals surface area contributed by atoms with Gasteiger partial charge in [0.1, 0.15) is 23.5 Å². The number of nitro groups is 1. The third-order valence-electron chi connectivity index (χ3n) is 4.97. The molecule has 1 atom stereocenters. The van der Waals surface area contributed by atoms with Gasteiger partial charge in [0, 0.05) is 4.47 Å². The average molecular weight is 584 g/mol. The maximum absolute atomic E-state index is 14.4. The number of thiophene rings is 1. The molecule has 0 aliphatic carbocycles. The van der Waals surface area contributed by atoms with Gasteiger partial charge in [0.2, 0.25) is 9.84 Å². The molecule has 4 aromatic rings. The number of thioether (sulfide) groups is 1. The van der Waals surface area contributed by atoms with Crippen molar-refractivity contribution >= 4 is 65.7 Å². The first-order valence-electron chi connectivity index (χ1n) is 9.37. The second-order valence-corrected chi connectivity index (χ2v) is 11.9. The minimum Gasteiger partial charge on any atom is -0.383 e. The molecular weight excluding hydrogens is 569 g/mol. The summed E-state index contributed by atoms with van der Waals surface area (Å²) in [5, 5.41) is 19.6. The minimum absolute atomic E-state index is 0.0209. The highest BCUT2D eigenvalue weighted by atomic mass is 79.9. The van der Waals surface area contributed by atoms with E-state index in [1.165, 1.54) is 54.5 Å². The molecule has 0 aliphatic rings. The minimum atomic E-state index is -4.10. The lowest BCUT2D eigenvalue weighted by atomic mass is 10.1. The van der Waals surface area contributed by atoms with Crippen LogP contribution in [0.2, 0.25) is 0 Å². The first kappa shape index (κ1) is 24.3. The molecule has 1 unspecified atom stereocenters. The second kappa shape index (κ2) is 9.09. The van der Waals surface area contributed by atoms with Crippen LogP contribution in [0.1, 0.15) is 16.6 Å². The Morgan fingerprint density at radius 2 is 2.06 bits per heavy atom. The number of amidine groups is 1. The van der Waals surface area contributed by atoms with E-state index in [2.05, 4.69) is 20.9 Å². The lowest BCUT2D eigenvalue weighted by molar-refractivity contribution is -0.535. The van der Waals surface area contributed by atoms with Crippen LogP contribution in [-0.2, 0) is 9.84 Å². The number of halogens is 2. The SMILES string of the molecule is CSc1sc(C(=N)N)cc1S(=O)(=O)c1cc(Br)c2ncn(C(c3ccccc3F)[N+](=O)[O-])c2c1. The van der Waals surface area contributed by atoms with Crippen LogP contribution in [0.5, 0.6) is 0 Å². The number of fused-ring (bicyclic) bond motifs is 1. The summed E-state index contributed by atoms with van der Waals surface area (Å²) in [6.45, 7) is 0. The van der Waals surface area contributed by atoms with Crippen LogP contribution in [0.15, 0.2) is 67.3 Å². The van der Waals surface area contributed by atoms with Gasteiger partial charge in [-0.25, -0.2) is 17.8 Å². The van der Waals surface area contributed by atoms with Crippen LogP contribution in [0.3, 0.4) is 0 Å². The third kappa shape index (κ3) is 4.10. The standard InChI is InChI=1S/C20H15BrFN5O4S3/c1-32-20-16(8-15(33-20)18(23)24)34(30,31)10-6-12(21)17-14(7-10)26(9-25-17)19(27(28)29)11-4-2-3-5-13(11)22/h2-9,19H,1H3,(H3,23,24). The van der Waals surface area contributed by atoms with E-state index in [1.54, 1.807) is 6.26 Å². The first-order chi connectivity index (χ1) is 16.1. The van der Waals surface area contributed by atoms with E-state index in [0.717, 1.165) is 22.0 Å². The number of hydrogen-bond donors (Lipinski definition) is 2. The number of rotatable bonds is 7. The quantitative estimate of drug-likeness (QED) is 0.106. The molecule has 0 amide bonds. The fraction of sp³-hybridized carbons (Fsp3) is 0.100. The Kier molecular flexibility index (Phi) is 6.50. The molecule has 4 rings (SSSR count). The smallest absolute Gasteiger partial charge is 0.320 e. The van der Waals surface area contributed by atoms with Crippen molar-refractivity contribution in [1.82, 2.24) is 9.55 Å². The average Bonchev–Trinajstić information content (AvgIpc) is 3.41. The van der Waals surface area contributed by atoms with Gasteiger partial charge in [0.15, 0.2) is 0 Å². The summed E-state index contributed by atoms with van der Waals surface area (Å²) < 4.78 is 43.4. The Hall–Kier alpha value is -2.81. The number of aromatic nitrogens is 2. The molecule has 0 saturated carbocycles. The van der Waals surface area contributed by atoms with Crippen molar-refractivity contribution in [1.29, 1.82) is 5.41 Å². The zero-order valence-corrected chi connectivity index (χ0v) is 21.3. The van der Waals surface area contributed by atoms with E-state index >= 15 is 0 Å². The molecule has 14 heteroatoms. The monoisotopic (exact) mass is 583 g/mol. The summed E-state index contributed by atoms with van der Waals surface area (Å²) in [6.07, 6.45) is 1.22. The molecule has 0 aliphatic heterocycles. The summed E-state index contributed by atoms with van der Waals surface area (Å²) in [5.41, 5.74) is 5.76. The number of sulfone groups is 1. The number of nitrogens with one attached hydrogen (secondary N) is 1. The van der Waals surface area contributed by atoms with Gasteiger partial charge >= 0.3 is 6.17 Å². The molecule has 0 bridgehead atoms. The molecule has 2 aromatic heterocycles. The van der Waals surface area contributed by atoms with Crippen LogP contribution in [0.25, 0.3) is 11.0 Å². The second-order valence-electron chi connectivity index (χ2n) is 6.99. The summed E-state index contributed by atoms with van der Waals surface area (Å²) in [7, 11) is -4.10. The van der Waals surface area contributed by atoms with Crippen LogP contribution in [0, 0.1) is 21.3 Å². The molecule has 0 saturated heterocycles. The zero-order chi connectivity index (χ0) is 24.8. The molecule has 0 fully saturated rings. The van der Waals surface area contributed by atoms with Gasteiger partial charge < -0.3 is 5.73 Å². The number of hydrogen-bond acceptors (Lipinski definition) is 8. The number of nitrogens with two attached hydrogens (primary N) is 1. The summed E-state index contributed by atoms with van der Waals surface area (Å²) in [4.78, 5) is 15.6. The van der Waals surface area contributed by atoms with Gasteiger partial charge in [-0.15, -0.1) is 23.1 Å². The molecule has 3 N–H and O–H groups in total. The van der Waals surface area contributed by atoms with E-state index in [1.807, 2.05) is 0 Å². The van der Waals surface area contributed by atoms with Crippen molar-refractivity contribution in [2.24, 2.45) is 5.73 Å². The first-order valence-corrected chi connectivity index (χ1v) is 13.7. The summed E-state index contributed by atoms with van der Waals surface area (Å²) in [5.74, 6) is -1.02. The van der Waals surface area contributed by atoms with Gasteiger partial charge in [-0.3, -0.25) is 20.1 Å². The molecular formula is C20H15BrFN5O4S3. The van der Waals surface area contributed by atoms with Crippen LogP contribution in [0.4, 0.5) is 4.39 Å². The van der Waals surface area contributed by atoms with Gasteiger partial charge in [-0.2, -0.15) is 0 Å². The lowest BCUT2D eigenvalue weighted by Crippen LogP contribution is -2.20. The van der Waals surface area contributed by atoms with Crippen LogP contribution in [-0.4, -0.2) is 35.0 Å². The Balaban J connectivity index is 1.94.